The lowest BCUT2D eigenvalue weighted by Crippen LogP contribution is -1.97. The number of nitriles is 1. The van der Waals surface area contributed by atoms with Crippen molar-refractivity contribution in [1.82, 2.24) is 9.55 Å². The van der Waals surface area contributed by atoms with Crippen molar-refractivity contribution in [2.75, 3.05) is 12.8 Å². The first kappa shape index (κ1) is 10.8. The molecule has 0 aliphatic rings. The van der Waals surface area contributed by atoms with E-state index in [0.29, 0.717) is 32.8 Å². The molecular formula is C10H9BrN4O. The van der Waals surface area contributed by atoms with Crippen LogP contribution in [0.1, 0.15) is 5.56 Å². The zero-order valence-corrected chi connectivity index (χ0v) is 10.4. The topological polar surface area (TPSA) is 76.9 Å². The maximum Gasteiger partial charge on any atom is 0.201 e. The number of methoxy groups -OCH3 is 1. The summed E-state index contributed by atoms with van der Waals surface area (Å²) in [5.41, 5.74) is 7.50. The summed E-state index contributed by atoms with van der Waals surface area (Å²) < 4.78 is 7.60. The van der Waals surface area contributed by atoms with E-state index in [1.54, 1.807) is 24.8 Å². The number of nitrogens with two attached hydrogens (primary N) is 1. The Balaban J connectivity index is 3.01. The van der Waals surface area contributed by atoms with Crippen LogP contribution in [0.2, 0.25) is 0 Å². The fourth-order valence-electron chi connectivity index (χ4n) is 1.64. The van der Waals surface area contributed by atoms with Crippen molar-refractivity contribution in [1.29, 1.82) is 5.26 Å². The van der Waals surface area contributed by atoms with Gasteiger partial charge in [-0.15, -0.1) is 0 Å². The van der Waals surface area contributed by atoms with Gasteiger partial charge in [-0.2, -0.15) is 5.26 Å². The molecular weight excluding hydrogens is 272 g/mol. The molecule has 2 rings (SSSR count). The van der Waals surface area contributed by atoms with Gasteiger partial charge in [-0.3, -0.25) is 0 Å². The standard InChI is InChI=1S/C10H9BrN4O/c1-15-8-5(4-12)3-6(11)9(16-2)7(8)14-10(15)13/h3H,1-2H3,(H2,13,14). The van der Waals surface area contributed by atoms with Gasteiger partial charge < -0.3 is 15.0 Å². The third-order valence-electron chi connectivity index (χ3n) is 2.41. The van der Waals surface area contributed by atoms with Crippen LogP contribution in [0.15, 0.2) is 10.5 Å². The summed E-state index contributed by atoms with van der Waals surface area (Å²) in [6.45, 7) is 0. The monoisotopic (exact) mass is 280 g/mol. The van der Waals surface area contributed by atoms with Crippen LogP contribution >= 0.6 is 15.9 Å². The smallest absolute Gasteiger partial charge is 0.201 e. The van der Waals surface area contributed by atoms with Crippen molar-refractivity contribution < 1.29 is 4.74 Å². The lowest BCUT2D eigenvalue weighted by Gasteiger charge is -2.05. The molecule has 0 unspecified atom stereocenters. The van der Waals surface area contributed by atoms with Gasteiger partial charge in [0.25, 0.3) is 0 Å². The molecule has 0 bridgehead atoms. The Morgan fingerprint density at radius 3 is 2.88 bits per heavy atom. The van der Waals surface area contributed by atoms with E-state index >= 15 is 0 Å². The molecule has 0 saturated heterocycles. The fraction of sp³-hybridized carbons (Fsp3) is 0.200. The summed E-state index contributed by atoms with van der Waals surface area (Å²) >= 11 is 3.34. The second kappa shape index (κ2) is 3.68. The Labute approximate surface area is 101 Å². The number of rotatable bonds is 1. The molecule has 1 aromatic carbocycles. The highest BCUT2D eigenvalue weighted by atomic mass is 79.9. The number of ether oxygens (including phenoxy) is 1. The van der Waals surface area contributed by atoms with Crippen LogP contribution in [-0.4, -0.2) is 16.7 Å². The maximum absolute atomic E-state index is 9.06. The minimum atomic E-state index is 0.350. The number of anilines is 1. The molecule has 2 N–H and O–H groups in total. The highest BCUT2D eigenvalue weighted by Crippen LogP contribution is 2.35. The number of hydrogen-bond acceptors (Lipinski definition) is 4. The first-order valence-electron chi connectivity index (χ1n) is 4.48. The molecule has 0 aliphatic heterocycles. The van der Waals surface area contributed by atoms with Gasteiger partial charge in [0.2, 0.25) is 5.95 Å². The maximum atomic E-state index is 9.06. The molecule has 1 heterocycles. The van der Waals surface area contributed by atoms with Crippen LogP contribution in [0.5, 0.6) is 5.75 Å². The molecule has 0 radical (unpaired) electrons. The second-order valence-electron chi connectivity index (χ2n) is 3.28. The number of imidazole rings is 1. The number of halogens is 1. The Bertz CT molecular complexity index is 612. The van der Waals surface area contributed by atoms with E-state index in [0.717, 1.165) is 0 Å². The highest BCUT2D eigenvalue weighted by molar-refractivity contribution is 9.10. The molecule has 16 heavy (non-hydrogen) atoms. The van der Waals surface area contributed by atoms with Crippen molar-refractivity contribution >= 4 is 32.9 Å². The van der Waals surface area contributed by atoms with Gasteiger partial charge in [0.15, 0.2) is 5.75 Å². The van der Waals surface area contributed by atoms with Crippen LogP contribution in [0.25, 0.3) is 11.0 Å². The van der Waals surface area contributed by atoms with Crippen LogP contribution in [0, 0.1) is 11.3 Å². The van der Waals surface area contributed by atoms with Gasteiger partial charge >= 0.3 is 0 Å². The van der Waals surface area contributed by atoms with Crippen LogP contribution in [0.4, 0.5) is 5.95 Å². The van der Waals surface area contributed by atoms with E-state index in [9.17, 15) is 0 Å². The number of nitrogen functional groups attached to an aromatic ring is 1. The number of aryl methyl sites for hydroxylation is 1. The third kappa shape index (κ3) is 1.32. The van der Waals surface area contributed by atoms with Crippen molar-refractivity contribution in [3.8, 4) is 11.8 Å². The summed E-state index contributed by atoms with van der Waals surface area (Å²) in [4.78, 5) is 4.19. The normalized spacial score (nSPS) is 10.4. The predicted octanol–water partition coefficient (Wildman–Crippen LogP) is 1.80. The Morgan fingerprint density at radius 1 is 1.62 bits per heavy atom. The fourth-order valence-corrected chi connectivity index (χ4v) is 2.21. The summed E-state index contributed by atoms with van der Waals surface area (Å²) in [5, 5.41) is 9.06. The lowest BCUT2D eigenvalue weighted by molar-refractivity contribution is 0.416. The SMILES string of the molecule is COc1c(Br)cc(C#N)c2c1nc(N)n2C. The lowest BCUT2D eigenvalue weighted by atomic mass is 10.2. The van der Waals surface area contributed by atoms with Crippen molar-refractivity contribution in [3.05, 3.63) is 16.1 Å². The van der Waals surface area contributed by atoms with Gasteiger partial charge in [0.1, 0.15) is 11.6 Å². The minimum absolute atomic E-state index is 0.350. The van der Waals surface area contributed by atoms with Gasteiger partial charge in [-0.1, -0.05) is 0 Å². The molecule has 6 heteroatoms. The average Bonchev–Trinajstić information content (AvgIpc) is 2.55. The van der Waals surface area contributed by atoms with Gasteiger partial charge in [-0.25, -0.2) is 4.98 Å². The number of benzene rings is 1. The molecule has 0 amide bonds. The number of aromatic nitrogens is 2. The number of fused-ring (bicyclic) bond motifs is 1. The molecule has 82 valence electrons. The zero-order chi connectivity index (χ0) is 11.9. The first-order valence-corrected chi connectivity index (χ1v) is 5.28. The molecule has 0 atom stereocenters. The van der Waals surface area contributed by atoms with E-state index in [1.807, 2.05) is 0 Å². The van der Waals surface area contributed by atoms with Gasteiger partial charge in [0.05, 0.1) is 22.7 Å². The first-order chi connectivity index (χ1) is 7.60. The van der Waals surface area contributed by atoms with Crippen LogP contribution < -0.4 is 10.5 Å². The van der Waals surface area contributed by atoms with Crippen LogP contribution in [-0.2, 0) is 7.05 Å². The summed E-state index contributed by atoms with van der Waals surface area (Å²) in [5.74, 6) is 0.934. The largest absolute Gasteiger partial charge is 0.493 e. The van der Waals surface area contributed by atoms with E-state index in [-0.39, 0.29) is 0 Å². The summed E-state index contributed by atoms with van der Waals surface area (Å²) in [6.07, 6.45) is 0. The Kier molecular flexibility index (Phi) is 2.48. The van der Waals surface area contributed by atoms with Gasteiger partial charge in [0, 0.05) is 7.05 Å². The van der Waals surface area contributed by atoms with E-state index in [4.69, 9.17) is 15.7 Å². The predicted molar refractivity (Wildman–Crippen MR) is 64.1 cm³/mol. The molecule has 1 aromatic heterocycles. The quantitative estimate of drug-likeness (QED) is 0.864. The van der Waals surface area contributed by atoms with Crippen molar-refractivity contribution in [2.45, 2.75) is 0 Å². The van der Waals surface area contributed by atoms with Gasteiger partial charge in [-0.05, 0) is 22.0 Å². The van der Waals surface area contributed by atoms with Crippen molar-refractivity contribution in [3.63, 3.8) is 0 Å². The second-order valence-corrected chi connectivity index (χ2v) is 4.13. The average molecular weight is 281 g/mol. The van der Waals surface area contributed by atoms with E-state index < -0.39 is 0 Å². The summed E-state index contributed by atoms with van der Waals surface area (Å²) in [6, 6.07) is 3.81. The highest BCUT2D eigenvalue weighted by Gasteiger charge is 2.17. The molecule has 2 aromatic rings. The molecule has 0 saturated carbocycles. The number of hydrogen-bond donors (Lipinski definition) is 1. The zero-order valence-electron chi connectivity index (χ0n) is 8.78. The third-order valence-corrected chi connectivity index (χ3v) is 3.00. The Morgan fingerprint density at radius 2 is 2.31 bits per heavy atom. The van der Waals surface area contributed by atoms with Crippen molar-refractivity contribution in [2.24, 2.45) is 7.05 Å². The molecule has 0 fully saturated rings. The Hall–Kier alpha value is -1.74. The molecule has 0 spiro atoms. The van der Waals surface area contributed by atoms with E-state index in [1.165, 1.54) is 0 Å². The van der Waals surface area contributed by atoms with E-state index in [2.05, 4.69) is 27.0 Å². The summed E-state index contributed by atoms with van der Waals surface area (Å²) in [7, 11) is 3.31. The minimum Gasteiger partial charge on any atom is -0.493 e. The van der Waals surface area contributed by atoms with Crippen LogP contribution in [0.3, 0.4) is 0 Å². The molecule has 5 nitrogen and oxygen atoms in total. The molecule has 0 aliphatic carbocycles. The number of nitrogens with zero attached hydrogens (tertiary/aromatic N) is 3.